The Labute approximate surface area is 172 Å². The number of carbonyl (C=O) groups excluding carboxylic acids is 1. The number of benzene rings is 1. The fourth-order valence-corrected chi connectivity index (χ4v) is 3.32. The SMILES string of the molecule is O=C(c1nc(Cl)ccc1Cl)N1CCN(c2ccc(C(F)(F)F)cc2[N+](=O)[O-])CC1. The predicted octanol–water partition coefficient (Wildman–Crippen LogP) is 4.28. The standard InChI is InChI=1S/C17H13Cl2F3N4O3/c18-11-2-4-14(19)23-15(11)16(27)25-7-5-24(6-8-25)12-3-1-10(17(20,21)22)9-13(12)26(28)29/h1-4,9H,5-8H2. The van der Waals surface area contributed by atoms with E-state index >= 15 is 0 Å². The summed E-state index contributed by atoms with van der Waals surface area (Å²) in [5.41, 5.74) is -1.68. The molecule has 0 N–H and O–H groups in total. The van der Waals surface area contributed by atoms with Gasteiger partial charge in [-0.1, -0.05) is 23.2 Å². The number of amides is 1. The Morgan fingerprint density at radius 2 is 1.76 bits per heavy atom. The minimum atomic E-state index is -4.68. The molecule has 0 unspecified atom stereocenters. The van der Waals surface area contributed by atoms with Crippen LogP contribution in [0.25, 0.3) is 0 Å². The first-order valence-electron chi connectivity index (χ1n) is 8.30. The third kappa shape index (κ3) is 4.54. The maximum absolute atomic E-state index is 12.9. The number of rotatable bonds is 3. The summed E-state index contributed by atoms with van der Waals surface area (Å²) in [5, 5.41) is 11.5. The van der Waals surface area contributed by atoms with Gasteiger partial charge in [0.25, 0.3) is 11.6 Å². The molecule has 29 heavy (non-hydrogen) atoms. The highest BCUT2D eigenvalue weighted by Crippen LogP contribution is 2.36. The van der Waals surface area contributed by atoms with Crippen LogP contribution in [0.15, 0.2) is 30.3 Å². The second kappa shape index (κ2) is 8.03. The first kappa shape index (κ1) is 21.1. The number of hydrogen-bond acceptors (Lipinski definition) is 5. The third-order valence-electron chi connectivity index (χ3n) is 4.42. The molecule has 2 heterocycles. The number of halogens is 5. The number of nitrogens with zero attached hydrogens (tertiary/aromatic N) is 4. The molecule has 1 aromatic carbocycles. The van der Waals surface area contributed by atoms with Crippen molar-refractivity contribution in [2.24, 2.45) is 0 Å². The molecule has 12 heteroatoms. The number of aromatic nitrogens is 1. The normalized spacial score (nSPS) is 14.8. The van der Waals surface area contributed by atoms with Crippen LogP contribution in [0, 0.1) is 10.1 Å². The maximum atomic E-state index is 12.9. The van der Waals surface area contributed by atoms with E-state index in [-0.39, 0.29) is 47.7 Å². The molecule has 3 rings (SSSR count). The van der Waals surface area contributed by atoms with Crippen LogP contribution in [0.2, 0.25) is 10.2 Å². The van der Waals surface area contributed by atoms with E-state index < -0.39 is 28.3 Å². The lowest BCUT2D eigenvalue weighted by atomic mass is 10.1. The Morgan fingerprint density at radius 1 is 1.10 bits per heavy atom. The van der Waals surface area contributed by atoms with E-state index in [1.165, 1.54) is 17.0 Å². The zero-order valence-corrected chi connectivity index (χ0v) is 16.1. The molecular weight excluding hydrogens is 436 g/mol. The van der Waals surface area contributed by atoms with Crippen LogP contribution in [0.4, 0.5) is 24.5 Å². The monoisotopic (exact) mass is 448 g/mol. The van der Waals surface area contributed by atoms with Crippen LogP contribution in [-0.2, 0) is 6.18 Å². The van der Waals surface area contributed by atoms with Crippen molar-refractivity contribution in [2.75, 3.05) is 31.1 Å². The van der Waals surface area contributed by atoms with Gasteiger partial charge in [-0.05, 0) is 24.3 Å². The van der Waals surface area contributed by atoms with E-state index in [9.17, 15) is 28.1 Å². The third-order valence-corrected chi connectivity index (χ3v) is 4.94. The van der Waals surface area contributed by atoms with Crippen molar-refractivity contribution >= 4 is 40.5 Å². The molecule has 0 atom stereocenters. The number of anilines is 1. The van der Waals surface area contributed by atoms with Crippen LogP contribution >= 0.6 is 23.2 Å². The quantitative estimate of drug-likeness (QED) is 0.397. The van der Waals surface area contributed by atoms with Crippen molar-refractivity contribution in [3.63, 3.8) is 0 Å². The van der Waals surface area contributed by atoms with E-state index in [0.29, 0.717) is 6.07 Å². The van der Waals surface area contributed by atoms with Gasteiger partial charge in [-0.3, -0.25) is 14.9 Å². The summed E-state index contributed by atoms with van der Waals surface area (Å²) in [6.07, 6.45) is -4.68. The first-order valence-corrected chi connectivity index (χ1v) is 9.05. The number of piperazine rings is 1. The number of alkyl halides is 3. The smallest absolute Gasteiger partial charge is 0.362 e. The second-order valence-corrected chi connectivity index (χ2v) is 7.00. The average Bonchev–Trinajstić information content (AvgIpc) is 2.68. The molecule has 0 radical (unpaired) electrons. The van der Waals surface area contributed by atoms with E-state index in [2.05, 4.69) is 4.98 Å². The topological polar surface area (TPSA) is 79.6 Å². The number of carbonyl (C=O) groups is 1. The predicted molar refractivity (Wildman–Crippen MR) is 100 cm³/mol. The summed E-state index contributed by atoms with van der Waals surface area (Å²) in [5.74, 6) is -0.445. The molecule has 154 valence electrons. The lowest BCUT2D eigenvalue weighted by Crippen LogP contribution is -2.49. The molecule has 7 nitrogen and oxygen atoms in total. The van der Waals surface area contributed by atoms with Crippen molar-refractivity contribution in [3.8, 4) is 0 Å². The van der Waals surface area contributed by atoms with Gasteiger partial charge in [-0.25, -0.2) is 4.98 Å². The Bertz CT molecular complexity index is 963. The van der Waals surface area contributed by atoms with E-state index in [1.807, 2.05) is 0 Å². The van der Waals surface area contributed by atoms with Gasteiger partial charge in [0.1, 0.15) is 16.5 Å². The highest BCUT2D eigenvalue weighted by molar-refractivity contribution is 6.34. The van der Waals surface area contributed by atoms with Gasteiger partial charge in [0.2, 0.25) is 0 Å². The van der Waals surface area contributed by atoms with E-state index in [0.717, 1.165) is 12.1 Å². The Morgan fingerprint density at radius 3 is 2.34 bits per heavy atom. The zero-order chi connectivity index (χ0) is 21.3. The van der Waals surface area contributed by atoms with Crippen molar-refractivity contribution in [2.45, 2.75) is 6.18 Å². The van der Waals surface area contributed by atoms with Crippen molar-refractivity contribution < 1.29 is 22.9 Å². The number of nitro groups is 1. The zero-order valence-electron chi connectivity index (χ0n) is 14.6. The minimum absolute atomic E-state index is 0.00636. The fraction of sp³-hybridized carbons (Fsp3) is 0.294. The molecule has 1 aromatic heterocycles. The van der Waals surface area contributed by atoms with Gasteiger partial charge in [0, 0.05) is 32.2 Å². The van der Waals surface area contributed by atoms with Crippen LogP contribution in [0.3, 0.4) is 0 Å². The largest absolute Gasteiger partial charge is 0.416 e. The summed E-state index contributed by atoms with van der Waals surface area (Å²) in [7, 11) is 0. The highest BCUT2D eigenvalue weighted by Gasteiger charge is 2.34. The van der Waals surface area contributed by atoms with Crippen molar-refractivity contribution in [1.29, 1.82) is 0 Å². The minimum Gasteiger partial charge on any atom is -0.362 e. The molecule has 0 bridgehead atoms. The molecule has 0 saturated carbocycles. The number of hydrogen-bond donors (Lipinski definition) is 0. The van der Waals surface area contributed by atoms with Crippen LogP contribution in [0.5, 0.6) is 0 Å². The van der Waals surface area contributed by atoms with Gasteiger partial charge >= 0.3 is 6.18 Å². The number of pyridine rings is 1. The molecule has 1 saturated heterocycles. The summed E-state index contributed by atoms with van der Waals surface area (Å²) in [6, 6.07) is 5.29. The van der Waals surface area contributed by atoms with Crippen molar-refractivity contribution in [1.82, 2.24) is 9.88 Å². The highest BCUT2D eigenvalue weighted by atomic mass is 35.5. The molecule has 0 aliphatic carbocycles. The first-order chi connectivity index (χ1) is 13.6. The van der Waals surface area contributed by atoms with Gasteiger partial charge < -0.3 is 9.80 Å². The Hall–Kier alpha value is -2.59. The van der Waals surface area contributed by atoms with Gasteiger partial charge in [0.15, 0.2) is 0 Å². The van der Waals surface area contributed by atoms with Crippen LogP contribution < -0.4 is 4.90 Å². The van der Waals surface area contributed by atoms with Crippen LogP contribution in [-0.4, -0.2) is 46.9 Å². The van der Waals surface area contributed by atoms with Crippen LogP contribution in [0.1, 0.15) is 16.1 Å². The molecule has 2 aromatic rings. The number of nitro benzene ring substituents is 1. The summed E-state index contributed by atoms with van der Waals surface area (Å²) >= 11 is 11.8. The Balaban J connectivity index is 1.78. The Kier molecular flexibility index (Phi) is 5.85. The lowest BCUT2D eigenvalue weighted by molar-refractivity contribution is -0.384. The summed E-state index contributed by atoms with van der Waals surface area (Å²) in [4.78, 5) is 30.0. The van der Waals surface area contributed by atoms with Gasteiger partial charge in [-0.15, -0.1) is 0 Å². The molecule has 1 amide bonds. The second-order valence-electron chi connectivity index (χ2n) is 6.20. The molecule has 1 aliphatic rings. The van der Waals surface area contributed by atoms with Gasteiger partial charge in [-0.2, -0.15) is 13.2 Å². The summed E-state index contributed by atoms with van der Waals surface area (Å²) < 4.78 is 38.6. The molecular formula is C17H13Cl2F3N4O3. The molecule has 1 aliphatic heterocycles. The summed E-state index contributed by atoms with van der Waals surface area (Å²) in [6.45, 7) is 0.745. The molecule has 0 spiro atoms. The molecule has 1 fully saturated rings. The average molecular weight is 449 g/mol. The van der Waals surface area contributed by atoms with Crippen molar-refractivity contribution in [3.05, 3.63) is 61.9 Å². The van der Waals surface area contributed by atoms with E-state index in [4.69, 9.17) is 23.2 Å². The fourth-order valence-electron chi connectivity index (χ4n) is 2.98. The maximum Gasteiger partial charge on any atom is 0.416 e. The lowest BCUT2D eigenvalue weighted by Gasteiger charge is -2.35. The van der Waals surface area contributed by atoms with E-state index in [1.54, 1.807) is 4.90 Å². The van der Waals surface area contributed by atoms with Gasteiger partial charge in [0.05, 0.1) is 15.5 Å².